The van der Waals surface area contributed by atoms with Crippen molar-refractivity contribution < 1.29 is 0 Å². The SMILES string of the molecule is CCC(C)CC(CCc1cccnc1)NC. The van der Waals surface area contributed by atoms with Crippen LogP contribution in [0.1, 0.15) is 38.7 Å². The standard InChI is InChI=1S/C14H24N2/c1-4-12(2)10-14(15-3)8-7-13-6-5-9-16-11-13/h5-6,9,11-12,14-15H,4,7-8,10H2,1-3H3. The first-order chi connectivity index (χ1) is 7.76. The first kappa shape index (κ1) is 13.2. The Labute approximate surface area is 99.5 Å². The number of pyridine rings is 1. The van der Waals surface area contributed by atoms with E-state index < -0.39 is 0 Å². The first-order valence-electron chi connectivity index (χ1n) is 6.32. The Morgan fingerprint density at radius 1 is 1.44 bits per heavy atom. The van der Waals surface area contributed by atoms with E-state index in [2.05, 4.69) is 37.3 Å². The number of nitrogens with zero attached hydrogens (tertiary/aromatic N) is 1. The molecule has 0 amide bonds. The molecule has 0 fully saturated rings. The van der Waals surface area contributed by atoms with E-state index in [-0.39, 0.29) is 0 Å². The molecule has 90 valence electrons. The average molecular weight is 220 g/mol. The van der Waals surface area contributed by atoms with Crippen molar-refractivity contribution in [1.29, 1.82) is 0 Å². The molecule has 0 saturated heterocycles. The molecule has 1 rings (SSSR count). The third-order valence-corrected chi connectivity index (χ3v) is 3.30. The number of aryl methyl sites for hydroxylation is 1. The predicted molar refractivity (Wildman–Crippen MR) is 69.5 cm³/mol. The van der Waals surface area contributed by atoms with Gasteiger partial charge in [0, 0.05) is 18.4 Å². The van der Waals surface area contributed by atoms with Gasteiger partial charge < -0.3 is 5.32 Å². The van der Waals surface area contributed by atoms with E-state index in [1.165, 1.54) is 24.8 Å². The third kappa shape index (κ3) is 4.75. The summed E-state index contributed by atoms with van der Waals surface area (Å²) in [5, 5.41) is 3.42. The largest absolute Gasteiger partial charge is 0.317 e. The van der Waals surface area contributed by atoms with Gasteiger partial charge in [0.2, 0.25) is 0 Å². The van der Waals surface area contributed by atoms with Crippen LogP contribution in [0.25, 0.3) is 0 Å². The number of hydrogen-bond acceptors (Lipinski definition) is 2. The Bertz CT molecular complexity index is 271. The second kappa shape index (κ2) is 7.39. The molecule has 0 aliphatic rings. The van der Waals surface area contributed by atoms with Crippen molar-refractivity contribution in [2.45, 2.75) is 45.6 Å². The van der Waals surface area contributed by atoms with Crippen LogP contribution in [0, 0.1) is 5.92 Å². The van der Waals surface area contributed by atoms with Gasteiger partial charge in [-0.15, -0.1) is 0 Å². The minimum Gasteiger partial charge on any atom is -0.317 e. The molecular weight excluding hydrogens is 196 g/mol. The van der Waals surface area contributed by atoms with Crippen molar-refractivity contribution in [2.24, 2.45) is 5.92 Å². The van der Waals surface area contributed by atoms with Crippen LogP contribution in [0.15, 0.2) is 24.5 Å². The molecule has 2 nitrogen and oxygen atoms in total. The summed E-state index contributed by atoms with van der Waals surface area (Å²) in [5.41, 5.74) is 1.34. The average Bonchev–Trinajstić information content (AvgIpc) is 2.35. The zero-order valence-electron chi connectivity index (χ0n) is 10.7. The molecule has 0 saturated carbocycles. The van der Waals surface area contributed by atoms with Gasteiger partial charge in [0.1, 0.15) is 0 Å². The second-order valence-corrected chi connectivity index (χ2v) is 4.63. The summed E-state index contributed by atoms with van der Waals surface area (Å²) >= 11 is 0. The summed E-state index contributed by atoms with van der Waals surface area (Å²) in [6, 6.07) is 4.80. The summed E-state index contributed by atoms with van der Waals surface area (Å²) in [7, 11) is 2.07. The summed E-state index contributed by atoms with van der Waals surface area (Å²) in [5.74, 6) is 0.811. The lowest BCUT2D eigenvalue weighted by molar-refractivity contribution is 0.395. The fraction of sp³-hybridized carbons (Fsp3) is 0.643. The Kier molecular flexibility index (Phi) is 6.09. The molecule has 2 atom stereocenters. The molecule has 0 radical (unpaired) electrons. The van der Waals surface area contributed by atoms with E-state index in [4.69, 9.17) is 0 Å². The van der Waals surface area contributed by atoms with Gasteiger partial charge in [0.15, 0.2) is 0 Å². The van der Waals surface area contributed by atoms with Crippen LogP contribution in [-0.2, 0) is 6.42 Å². The van der Waals surface area contributed by atoms with Gasteiger partial charge in [0.25, 0.3) is 0 Å². The first-order valence-corrected chi connectivity index (χ1v) is 6.32. The number of rotatable bonds is 7. The number of hydrogen-bond donors (Lipinski definition) is 1. The smallest absolute Gasteiger partial charge is 0.0299 e. The van der Waals surface area contributed by atoms with E-state index in [1.54, 1.807) is 0 Å². The van der Waals surface area contributed by atoms with Crippen molar-refractivity contribution in [2.75, 3.05) is 7.05 Å². The van der Waals surface area contributed by atoms with E-state index in [9.17, 15) is 0 Å². The van der Waals surface area contributed by atoms with Gasteiger partial charge in [0.05, 0.1) is 0 Å². The molecule has 1 heterocycles. The van der Waals surface area contributed by atoms with E-state index in [0.29, 0.717) is 6.04 Å². The Balaban J connectivity index is 2.34. The molecule has 16 heavy (non-hydrogen) atoms. The van der Waals surface area contributed by atoms with Crippen LogP contribution >= 0.6 is 0 Å². The molecular formula is C14H24N2. The summed E-state index contributed by atoms with van der Waals surface area (Å²) < 4.78 is 0. The van der Waals surface area contributed by atoms with Crippen LogP contribution in [-0.4, -0.2) is 18.1 Å². The number of nitrogens with one attached hydrogen (secondary N) is 1. The minimum absolute atomic E-state index is 0.634. The van der Waals surface area contributed by atoms with Crippen LogP contribution in [0.3, 0.4) is 0 Å². The Morgan fingerprint density at radius 2 is 2.25 bits per heavy atom. The second-order valence-electron chi connectivity index (χ2n) is 4.63. The molecule has 2 unspecified atom stereocenters. The van der Waals surface area contributed by atoms with Crippen molar-refractivity contribution in [3.8, 4) is 0 Å². The van der Waals surface area contributed by atoms with E-state index in [1.807, 2.05) is 18.5 Å². The quantitative estimate of drug-likeness (QED) is 0.764. The summed E-state index contributed by atoms with van der Waals surface area (Å²) in [6.07, 6.45) is 8.66. The molecule has 0 spiro atoms. The van der Waals surface area contributed by atoms with Gasteiger partial charge in [-0.05, 0) is 43.9 Å². The molecule has 0 aliphatic heterocycles. The van der Waals surface area contributed by atoms with E-state index in [0.717, 1.165) is 12.3 Å². The fourth-order valence-corrected chi connectivity index (χ4v) is 1.92. The maximum absolute atomic E-state index is 4.15. The van der Waals surface area contributed by atoms with E-state index >= 15 is 0 Å². The molecule has 0 aromatic carbocycles. The van der Waals surface area contributed by atoms with Gasteiger partial charge in [-0.1, -0.05) is 26.3 Å². The van der Waals surface area contributed by atoms with Crippen LogP contribution < -0.4 is 5.32 Å². The fourth-order valence-electron chi connectivity index (χ4n) is 1.92. The van der Waals surface area contributed by atoms with Crippen LogP contribution in [0.5, 0.6) is 0 Å². The zero-order valence-corrected chi connectivity index (χ0v) is 10.7. The topological polar surface area (TPSA) is 24.9 Å². The lowest BCUT2D eigenvalue weighted by Gasteiger charge is -2.19. The highest BCUT2D eigenvalue weighted by atomic mass is 14.9. The summed E-state index contributed by atoms with van der Waals surface area (Å²) in [4.78, 5) is 4.15. The van der Waals surface area contributed by atoms with Crippen molar-refractivity contribution in [3.05, 3.63) is 30.1 Å². The monoisotopic (exact) mass is 220 g/mol. The summed E-state index contributed by atoms with van der Waals surface area (Å²) in [6.45, 7) is 4.59. The zero-order chi connectivity index (χ0) is 11.8. The van der Waals surface area contributed by atoms with Crippen LogP contribution in [0.2, 0.25) is 0 Å². The highest BCUT2D eigenvalue weighted by Crippen LogP contribution is 2.13. The molecule has 0 bridgehead atoms. The van der Waals surface area contributed by atoms with Gasteiger partial charge in [-0.3, -0.25) is 4.98 Å². The van der Waals surface area contributed by atoms with Gasteiger partial charge >= 0.3 is 0 Å². The predicted octanol–water partition coefficient (Wildman–Crippen LogP) is 3.04. The lowest BCUT2D eigenvalue weighted by atomic mass is 9.95. The highest BCUT2D eigenvalue weighted by molar-refractivity contribution is 5.08. The molecule has 2 heteroatoms. The normalized spacial score (nSPS) is 14.7. The minimum atomic E-state index is 0.634. The number of aromatic nitrogens is 1. The lowest BCUT2D eigenvalue weighted by Crippen LogP contribution is -2.27. The maximum atomic E-state index is 4.15. The third-order valence-electron chi connectivity index (χ3n) is 3.30. The maximum Gasteiger partial charge on any atom is 0.0299 e. The van der Waals surface area contributed by atoms with Crippen molar-refractivity contribution in [1.82, 2.24) is 10.3 Å². The van der Waals surface area contributed by atoms with Gasteiger partial charge in [-0.25, -0.2) is 0 Å². The molecule has 1 aromatic heterocycles. The van der Waals surface area contributed by atoms with Crippen molar-refractivity contribution >= 4 is 0 Å². The molecule has 0 aliphatic carbocycles. The Morgan fingerprint density at radius 3 is 2.81 bits per heavy atom. The highest BCUT2D eigenvalue weighted by Gasteiger charge is 2.10. The Hall–Kier alpha value is -0.890. The molecule has 1 aromatic rings. The van der Waals surface area contributed by atoms with Gasteiger partial charge in [-0.2, -0.15) is 0 Å². The molecule has 1 N–H and O–H groups in total. The van der Waals surface area contributed by atoms with Crippen LogP contribution in [0.4, 0.5) is 0 Å². The van der Waals surface area contributed by atoms with Crippen molar-refractivity contribution in [3.63, 3.8) is 0 Å².